The summed E-state index contributed by atoms with van der Waals surface area (Å²) in [6.45, 7) is 5.42. The zero-order valence-corrected chi connectivity index (χ0v) is 19.8. The van der Waals surface area contributed by atoms with Crippen molar-refractivity contribution in [2.75, 3.05) is 84.5 Å². The van der Waals surface area contributed by atoms with Crippen LogP contribution in [0.4, 0.5) is 4.79 Å². The van der Waals surface area contributed by atoms with E-state index in [0.29, 0.717) is 19.0 Å². The Kier molecular flexibility index (Phi) is 15.8. The summed E-state index contributed by atoms with van der Waals surface area (Å²) in [6.07, 6.45) is 4.29. The molecule has 0 aliphatic carbocycles. The topological polar surface area (TPSA) is 104 Å². The van der Waals surface area contributed by atoms with Crippen LogP contribution in [-0.4, -0.2) is 107 Å². The quantitative estimate of drug-likeness (QED) is 0.269. The summed E-state index contributed by atoms with van der Waals surface area (Å²) in [5.74, 6) is 1.09. The molecule has 0 saturated carbocycles. The lowest BCUT2D eigenvalue weighted by Gasteiger charge is -2.24. The highest BCUT2D eigenvalue weighted by atomic mass is 32.2. The van der Waals surface area contributed by atoms with E-state index in [4.69, 9.17) is 23.7 Å². The normalized spacial score (nSPS) is 16.9. The Bertz CT molecular complexity index is 488. The molecule has 0 aromatic rings. The van der Waals surface area contributed by atoms with Crippen LogP contribution in [0.15, 0.2) is 0 Å². The van der Waals surface area contributed by atoms with E-state index in [1.165, 1.54) is 45.7 Å². The molecule has 0 bridgehead atoms. The first kappa shape index (κ1) is 28.0. The molecule has 0 aromatic carbocycles. The van der Waals surface area contributed by atoms with E-state index in [1.807, 2.05) is 0 Å². The number of aliphatic hydroxyl groups is 1. The number of esters is 1. The number of carbonyl (C=O) groups is 2. The van der Waals surface area contributed by atoms with Crippen LogP contribution in [0.25, 0.3) is 0 Å². The lowest BCUT2D eigenvalue weighted by molar-refractivity contribution is -0.159. The smallest absolute Gasteiger partial charge is 0.464 e. The van der Waals surface area contributed by atoms with Crippen LogP contribution >= 0.6 is 11.8 Å². The molecule has 0 aromatic heterocycles. The Hall–Kier alpha value is -1.07. The highest BCUT2D eigenvalue weighted by molar-refractivity contribution is 7.99. The maximum atomic E-state index is 12.3. The van der Waals surface area contributed by atoms with Gasteiger partial charge >= 0.3 is 12.1 Å². The van der Waals surface area contributed by atoms with E-state index >= 15 is 0 Å². The van der Waals surface area contributed by atoms with Gasteiger partial charge in [0.05, 0.1) is 26.4 Å². The van der Waals surface area contributed by atoms with Crippen LogP contribution in [0.5, 0.6) is 0 Å². The van der Waals surface area contributed by atoms with Crippen molar-refractivity contribution in [1.29, 1.82) is 0 Å². The minimum atomic E-state index is -1.33. The number of rotatable bonds is 16. The molecule has 31 heavy (non-hydrogen) atoms. The van der Waals surface area contributed by atoms with Gasteiger partial charge in [0.25, 0.3) is 0 Å². The lowest BCUT2D eigenvalue weighted by atomic mass is 9.93. The van der Waals surface area contributed by atoms with Gasteiger partial charge in [-0.2, -0.15) is 11.8 Å². The minimum Gasteiger partial charge on any atom is -0.464 e. The molecule has 0 spiro atoms. The Morgan fingerprint density at radius 2 is 1.65 bits per heavy atom. The van der Waals surface area contributed by atoms with Crippen molar-refractivity contribution in [2.45, 2.75) is 32.6 Å². The molecule has 1 N–H and O–H groups in total. The number of likely N-dealkylation sites (tertiary alicyclic amines) is 1. The Morgan fingerprint density at radius 3 is 2.32 bits per heavy atom. The molecule has 1 aliphatic rings. The van der Waals surface area contributed by atoms with Gasteiger partial charge in [0.15, 0.2) is 0 Å². The van der Waals surface area contributed by atoms with Crippen molar-refractivity contribution in [3.8, 4) is 0 Å². The number of nitrogens with zero attached hydrogens (tertiary/aromatic N) is 1. The van der Waals surface area contributed by atoms with Crippen LogP contribution in [0.1, 0.15) is 32.6 Å². The molecule has 1 saturated heterocycles. The largest absolute Gasteiger partial charge is 0.508 e. The van der Waals surface area contributed by atoms with Crippen LogP contribution in [0.2, 0.25) is 0 Å². The lowest BCUT2D eigenvalue weighted by Crippen LogP contribution is -2.39. The predicted octanol–water partition coefficient (Wildman–Crippen LogP) is 1.95. The predicted molar refractivity (Wildman–Crippen MR) is 118 cm³/mol. The van der Waals surface area contributed by atoms with Gasteiger partial charge in [-0.05, 0) is 32.9 Å². The van der Waals surface area contributed by atoms with Gasteiger partial charge in [0, 0.05) is 25.2 Å². The standard InChI is InChI=1S/C21H39NO8S/c1-21(17-23,18-30-20(25)29-13-12-27-11-10-26-2)19(24)28-14-16-31-15-9-22-7-5-3-4-6-8-22/h23H,3-18H2,1-2H3. The second-order valence-corrected chi connectivity index (χ2v) is 8.94. The molecule has 1 heterocycles. The third-order valence-corrected chi connectivity index (χ3v) is 5.87. The zero-order valence-electron chi connectivity index (χ0n) is 19.0. The van der Waals surface area contributed by atoms with Crippen molar-refractivity contribution in [3.63, 3.8) is 0 Å². The van der Waals surface area contributed by atoms with E-state index in [2.05, 4.69) is 4.90 Å². The number of aliphatic hydroxyl groups excluding tert-OH is 1. The number of ether oxygens (including phenoxy) is 5. The monoisotopic (exact) mass is 465 g/mol. The van der Waals surface area contributed by atoms with Crippen molar-refractivity contribution in [3.05, 3.63) is 0 Å². The second-order valence-electron chi connectivity index (χ2n) is 7.72. The maximum Gasteiger partial charge on any atom is 0.508 e. The average molecular weight is 466 g/mol. The highest BCUT2D eigenvalue weighted by Crippen LogP contribution is 2.19. The SMILES string of the molecule is COCCOCCOC(=O)OCC(C)(CO)C(=O)OCCSCCN1CCCCCC1. The minimum absolute atomic E-state index is 0.0253. The van der Waals surface area contributed by atoms with Gasteiger partial charge in [-0.3, -0.25) is 4.79 Å². The van der Waals surface area contributed by atoms with Crippen LogP contribution in [0.3, 0.4) is 0 Å². The average Bonchev–Trinajstić information content (AvgIpc) is 3.05. The Morgan fingerprint density at radius 1 is 0.935 bits per heavy atom. The Balaban J connectivity index is 2.13. The summed E-state index contributed by atoms with van der Waals surface area (Å²) in [6, 6.07) is 0. The number of hydrogen-bond acceptors (Lipinski definition) is 10. The van der Waals surface area contributed by atoms with Gasteiger partial charge < -0.3 is 33.7 Å². The maximum absolute atomic E-state index is 12.3. The molecule has 182 valence electrons. The van der Waals surface area contributed by atoms with Crippen LogP contribution in [0, 0.1) is 5.41 Å². The molecular formula is C21H39NO8S. The molecule has 1 unspecified atom stereocenters. The fraction of sp³-hybridized carbons (Fsp3) is 0.905. The van der Waals surface area contributed by atoms with Crippen LogP contribution in [-0.2, 0) is 28.5 Å². The second kappa shape index (κ2) is 17.5. The summed E-state index contributed by atoms with van der Waals surface area (Å²) in [7, 11) is 1.57. The van der Waals surface area contributed by atoms with E-state index < -0.39 is 24.1 Å². The van der Waals surface area contributed by atoms with E-state index in [9.17, 15) is 14.7 Å². The summed E-state index contributed by atoms with van der Waals surface area (Å²) in [5, 5.41) is 9.60. The van der Waals surface area contributed by atoms with Gasteiger partial charge in [-0.25, -0.2) is 4.79 Å². The first-order valence-corrected chi connectivity index (χ1v) is 12.1. The summed E-state index contributed by atoms with van der Waals surface area (Å²) in [5.41, 5.74) is -1.33. The fourth-order valence-electron chi connectivity index (χ4n) is 2.88. The number of thioether (sulfide) groups is 1. The number of methoxy groups -OCH3 is 1. The molecule has 10 heteroatoms. The van der Waals surface area contributed by atoms with Gasteiger partial charge in [-0.15, -0.1) is 0 Å². The van der Waals surface area contributed by atoms with Crippen LogP contribution < -0.4 is 0 Å². The molecule has 1 atom stereocenters. The molecule has 0 radical (unpaired) electrons. The van der Waals surface area contributed by atoms with Crippen molar-refractivity contribution < 1.29 is 38.4 Å². The molecule has 1 fully saturated rings. The van der Waals surface area contributed by atoms with Crippen molar-refractivity contribution in [2.24, 2.45) is 5.41 Å². The highest BCUT2D eigenvalue weighted by Gasteiger charge is 2.36. The Labute approximate surface area is 190 Å². The zero-order chi connectivity index (χ0) is 22.8. The van der Waals surface area contributed by atoms with Crippen molar-refractivity contribution >= 4 is 23.9 Å². The van der Waals surface area contributed by atoms with Gasteiger partial charge in [0.2, 0.25) is 0 Å². The molecule has 9 nitrogen and oxygen atoms in total. The first-order chi connectivity index (χ1) is 15.0. The summed E-state index contributed by atoms with van der Waals surface area (Å²) in [4.78, 5) is 26.5. The molecular weight excluding hydrogens is 426 g/mol. The summed E-state index contributed by atoms with van der Waals surface area (Å²) < 4.78 is 25.1. The van der Waals surface area contributed by atoms with E-state index in [-0.39, 0.29) is 26.4 Å². The molecule has 1 rings (SSSR count). The van der Waals surface area contributed by atoms with Crippen molar-refractivity contribution in [1.82, 2.24) is 4.90 Å². The van der Waals surface area contributed by atoms with E-state index in [1.54, 1.807) is 18.9 Å². The van der Waals surface area contributed by atoms with E-state index in [0.717, 1.165) is 12.3 Å². The molecule has 1 aliphatic heterocycles. The third-order valence-electron chi connectivity index (χ3n) is 4.94. The number of carbonyl (C=O) groups excluding carboxylic acids is 2. The summed E-state index contributed by atoms with van der Waals surface area (Å²) >= 11 is 1.74. The van der Waals surface area contributed by atoms with Gasteiger partial charge in [0.1, 0.15) is 25.2 Å². The fourth-order valence-corrected chi connectivity index (χ4v) is 3.67. The number of hydrogen-bond donors (Lipinski definition) is 1. The molecule has 0 amide bonds. The van der Waals surface area contributed by atoms with Gasteiger partial charge in [-0.1, -0.05) is 12.8 Å². The first-order valence-electron chi connectivity index (χ1n) is 11.0. The third kappa shape index (κ3) is 13.2.